The first-order valence-electron chi connectivity index (χ1n) is 4.07. The molecule has 0 aromatic heterocycles. The van der Waals surface area contributed by atoms with Crippen molar-refractivity contribution in [3.05, 3.63) is 0 Å². The molecule has 11 heavy (non-hydrogen) atoms. The quantitative estimate of drug-likeness (QED) is 0.712. The number of halogens is 1. The average molecular weight is 224 g/mol. The minimum absolute atomic E-state index is 0.372. The van der Waals surface area contributed by atoms with Crippen LogP contribution in [0.1, 0.15) is 39.5 Å². The van der Waals surface area contributed by atoms with Crippen LogP contribution in [-0.2, 0) is 14.6 Å². The molecule has 0 saturated heterocycles. The Kier molecular flexibility index (Phi) is 17.3. The van der Waals surface area contributed by atoms with Crippen molar-refractivity contribution >= 4 is 10.2 Å². The Bertz CT molecular complexity index is 58.1. The van der Waals surface area contributed by atoms with Crippen molar-refractivity contribution in [3.8, 4) is 0 Å². The third-order valence-corrected chi connectivity index (χ3v) is 1.80. The summed E-state index contributed by atoms with van der Waals surface area (Å²) in [4.78, 5) is 0. The molecule has 1 atom stereocenters. The van der Waals surface area contributed by atoms with Gasteiger partial charge in [-0.2, -0.15) is 0 Å². The van der Waals surface area contributed by atoms with E-state index in [4.69, 9.17) is 5.11 Å². The van der Waals surface area contributed by atoms with Crippen molar-refractivity contribution in [2.24, 2.45) is 5.92 Å². The zero-order valence-corrected chi connectivity index (χ0v) is 9.00. The van der Waals surface area contributed by atoms with Crippen LogP contribution in [0.3, 0.4) is 0 Å². The van der Waals surface area contributed by atoms with Crippen molar-refractivity contribution < 1.29 is 19.7 Å². The molecule has 0 aliphatic carbocycles. The van der Waals surface area contributed by atoms with Crippen molar-refractivity contribution in [2.75, 3.05) is 6.61 Å². The minimum atomic E-state index is 0.372. The first-order chi connectivity index (χ1) is 5.35. The molecular formula is C8H18ClNiO. The van der Waals surface area contributed by atoms with Crippen molar-refractivity contribution in [1.82, 2.24) is 0 Å². The van der Waals surface area contributed by atoms with Crippen LogP contribution in [0.5, 0.6) is 0 Å². The van der Waals surface area contributed by atoms with Gasteiger partial charge in [-0.05, 0) is 12.3 Å². The molecule has 0 radical (unpaired) electrons. The van der Waals surface area contributed by atoms with Crippen LogP contribution in [0, 0.1) is 5.92 Å². The molecule has 0 amide bonds. The second-order valence-electron chi connectivity index (χ2n) is 2.60. The Labute approximate surface area is 82.2 Å². The van der Waals surface area contributed by atoms with Gasteiger partial charge in [0.2, 0.25) is 0 Å². The molecule has 0 aromatic rings. The van der Waals surface area contributed by atoms with Gasteiger partial charge < -0.3 is 5.11 Å². The standard InChI is InChI=1S/C8H18O.ClH.Ni/c1-3-5-6-8(4-2)7-9;;/h8-9H,3-7H2,1-2H3;1H;/q;;+1/p-1. The van der Waals surface area contributed by atoms with Crippen LogP contribution >= 0.6 is 10.2 Å². The van der Waals surface area contributed by atoms with E-state index in [1.165, 1.54) is 19.3 Å². The molecule has 0 aliphatic heterocycles. The first kappa shape index (κ1) is 14.3. The van der Waals surface area contributed by atoms with E-state index in [0.29, 0.717) is 12.5 Å². The van der Waals surface area contributed by atoms with Crippen LogP contribution in [0.15, 0.2) is 0 Å². The molecule has 0 aliphatic rings. The molecule has 0 spiro atoms. The van der Waals surface area contributed by atoms with Crippen molar-refractivity contribution in [3.63, 3.8) is 0 Å². The predicted octanol–water partition coefficient (Wildman–Crippen LogP) is 2.88. The van der Waals surface area contributed by atoms with Crippen molar-refractivity contribution in [2.45, 2.75) is 39.5 Å². The fraction of sp³-hybridized carbons (Fsp3) is 1.00. The Hall–Kier alpha value is 0.744. The fourth-order valence-electron chi connectivity index (χ4n) is 0.917. The van der Waals surface area contributed by atoms with Gasteiger partial charge in [-0.1, -0.05) is 33.1 Å². The molecule has 0 aromatic carbocycles. The molecular weight excluding hydrogens is 206 g/mol. The van der Waals surface area contributed by atoms with Crippen LogP contribution in [0.25, 0.3) is 0 Å². The molecule has 73 valence electrons. The summed E-state index contributed by atoms with van der Waals surface area (Å²) in [5.74, 6) is 0.560. The van der Waals surface area contributed by atoms with E-state index in [1.807, 2.05) is 0 Å². The molecule has 1 nitrogen and oxygen atoms in total. The summed E-state index contributed by atoms with van der Waals surface area (Å²) in [7, 11) is 4.26. The summed E-state index contributed by atoms with van der Waals surface area (Å²) in [6.45, 7) is 4.69. The van der Waals surface area contributed by atoms with Gasteiger partial charge in [0, 0.05) is 6.61 Å². The number of unbranched alkanes of at least 4 members (excludes halogenated alkanes) is 1. The normalized spacial score (nSPS) is 11.8. The summed E-state index contributed by atoms with van der Waals surface area (Å²) in [5, 5.41) is 8.75. The summed E-state index contributed by atoms with van der Waals surface area (Å²) in [6, 6.07) is 0. The second-order valence-corrected chi connectivity index (χ2v) is 2.60. The average Bonchev–Trinajstić information content (AvgIpc) is 2.10. The topological polar surface area (TPSA) is 20.2 Å². The Morgan fingerprint density at radius 1 is 1.36 bits per heavy atom. The molecule has 0 heterocycles. The molecule has 0 rings (SSSR count). The molecule has 1 unspecified atom stereocenters. The van der Waals surface area contributed by atoms with E-state index in [0.717, 1.165) is 6.42 Å². The second kappa shape index (κ2) is 13.3. The van der Waals surface area contributed by atoms with E-state index in [1.54, 1.807) is 0 Å². The number of hydrogen-bond donors (Lipinski definition) is 1. The SMILES string of the molecule is CCCCC(CC)CO.[Cl][Ni]. The summed E-state index contributed by atoms with van der Waals surface area (Å²) >= 11 is 3.35. The fourth-order valence-corrected chi connectivity index (χ4v) is 0.917. The van der Waals surface area contributed by atoms with Gasteiger partial charge in [0.1, 0.15) is 0 Å². The van der Waals surface area contributed by atoms with E-state index in [9.17, 15) is 0 Å². The third-order valence-electron chi connectivity index (χ3n) is 1.80. The molecule has 0 fully saturated rings. The molecule has 0 bridgehead atoms. The molecule has 0 saturated carbocycles. The van der Waals surface area contributed by atoms with E-state index in [-0.39, 0.29) is 0 Å². The Morgan fingerprint density at radius 3 is 2.18 bits per heavy atom. The number of aliphatic hydroxyl groups is 1. The number of aliphatic hydroxyl groups excluding tert-OH is 1. The van der Waals surface area contributed by atoms with Crippen LogP contribution < -0.4 is 0 Å². The van der Waals surface area contributed by atoms with Crippen LogP contribution in [0.2, 0.25) is 0 Å². The summed E-state index contributed by atoms with van der Waals surface area (Å²) in [5.41, 5.74) is 0. The maximum atomic E-state index is 8.75. The van der Waals surface area contributed by atoms with Gasteiger partial charge in [0.25, 0.3) is 0 Å². The van der Waals surface area contributed by atoms with Gasteiger partial charge in [0.15, 0.2) is 0 Å². The van der Waals surface area contributed by atoms with E-state index in [2.05, 4.69) is 38.6 Å². The predicted molar refractivity (Wildman–Crippen MR) is 46.2 cm³/mol. The van der Waals surface area contributed by atoms with Crippen LogP contribution in [0.4, 0.5) is 0 Å². The van der Waals surface area contributed by atoms with Gasteiger partial charge >= 0.3 is 24.8 Å². The van der Waals surface area contributed by atoms with Gasteiger partial charge in [0.05, 0.1) is 0 Å². The van der Waals surface area contributed by atoms with Crippen molar-refractivity contribution in [1.29, 1.82) is 0 Å². The molecule has 3 heteroatoms. The Balaban J connectivity index is 0. The maximum absolute atomic E-state index is 8.75. The van der Waals surface area contributed by atoms with Gasteiger partial charge in [-0.3, -0.25) is 0 Å². The summed E-state index contributed by atoms with van der Waals surface area (Å²) in [6.07, 6.45) is 4.83. The zero-order chi connectivity index (χ0) is 9.11. The monoisotopic (exact) mass is 223 g/mol. The number of rotatable bonds is 5. The molecule has 1 N–H and O–H groups in total. The Morgan fingerprint density at radius 2 is 1.91 bits per heavy atom. The number of hydrogen-bond acceptors (Lipinski definition) is 1. The van der Waals surface area contributed by atoms with E-state index < -0.39 is 0 Å². The third kappa shape index (κ3) is 10.7. The van der Waals surface area contributed by atoms with Gasteiger partial charge in [-0.15, -0.1) is 0 Å². The van der Waals surface area contributed by atoms with Crippen LogP contribution in [-0.4, -0.2) is 11.7 Å². The zero-order valence-electron chi connectivity index (χ0n) is 7.25. The first-order valence-corrected chi connectivity index (χ1v) is 5.43. The van der Waals surface area contributed by atoms with Gasteiger partial charge in [-0.25, -0.2) is 0 Å². The van der Waals surface area contributed by atoms with E-state index >= 15 is 0 Å². The summed E-state index contributed by atoms with van der Waals surface area (Å²) < 4.78 is 0.